The number of aryl methyl sites for hydroxylation is 1. The first kappa shape index (κ1) is 28.8. The molecule has 0 saturated carbocycles. The number of carbonyl (C=O) groups excluding carboxylic acids is 2. The van der Waals surface area contributed by atoms with Crippen molar-refractivity contribution in [3.63, 3.8) is 0 Å². The molecule has 41 heavy (non-hydrogen) atoms. The summed E-state index contributed by atoms with van der Waals surface area (Å²) in [4.78, 5) is 35.6. The summed E-state index contributed by atoms with van der Waals surface area (Å²) in [7, 11) is 0. The zero-order valence-corrected chi connectivity index (χ0v) is 24.2. The second kappa shape index (κ2) is 13.3. The number of morpholine rings is 1. The number of benzene rings is 3. The minimum absolute atomic E-state index is 0.177. The molecule has 1 aliphatic rings. The Morgan fingerprint density at radius 2 is 1.73 bits per heavy atom. The molecular weight excluding hydrogens is 561 g/mol. The Morgan fingerprint density at radius 3 is 2.44 bits per heavy atom. The normalized spacial score (nSPS) is 13.6. The monoisotopic (exact) mass is 591 g/mol. The van der Waals surface area contributed by atoms with Crippen LogP contribution in [-0.4, -0.2) is 77.1 Å². The minimum atomic E-state index is -0.371. The molecule has 4 aromatic rings. The number of amides is 2. The number of anilines is 1. The fourth-order valence-electron chi connectivity index (χ4n) is 4.63. The van der Waals surface area contributed by atoms with E-state index < -0.39 is 0 Å². The van der Waals surface area contributed by atoms with Crippen LogP contribution in [0.3, 0.4) is 0 Å². The number of carbonyl (C=O) groups is 2. The third-order valence-corrected chi connectivity index (χ3v) is 7.46. The van der Waals surface area contributed by atoms with Crippen LogP contribution in [0.15, 0.2) is 79.0 Å². The van der Waals surface area contributed by atoms with Crippen LogP contribution in [0.25, 0.3) is 16.9 Å². The molecule has 0 bridgehead atoms. The van der Waals surface area contributed by atoms with Gasteiger partial charge < -0.3 is 9.64 Å². The molecule has 2 heterocycles. The largest absolute Gasteiger partial charge is 0.379 e. The number of halogens is 2. The van der Waals surface area contributed by atoms with E-state index in [4.69, 9.17) is 32.9 Å². The van der Waals surface area contributed by atoms with Gasteiger partial charge in [0, 0.05) is 48.6 Å². The van der Waals surface area contributed by atoms with E-state index in [1.165, 1.54) is 11.0 Å². The highest BCUT2D eigenvalue weighted by Gasteiger charge is 2.24. The number of aromatic nitrogens is 2. The van der Waals surface area contributed by atoms with Gasteiger partial charge in [-0.15, -0.1) is 0 Å². The topological polar surface area (TPSA) is 79.7 Å². The number of ether oxygens (including phenoxy) is 1. The summed E-state index contributed by atoms with van der Waals surface area (Å²) in [6.45, 7) is 5.61. The van der Waals surface area contributed by atoms with E-state index in [1.54, 1.807) is 12.1 Å². The lowest BCUT2D eigenvalue weighted by atomic mass is 10.2. The van der Waals surface area contributed by atoms with Crippen molar-refractivity contribution in [1.29, 1.82) is 0 Å². The molecular formula is C31H31Cl2N5O3. The summed E-state index contributed by atoms with van der Waals surface area (Å²) >= 11 is 12.4. The lowest BCUT2D eigenvalue weighted by molar-refractivity contribution is -0.117. The number of nitrogens with one attached hydrogen (secondary N) is 1. The average molecular weight is 593 g/mol. The molecule has 8 nitrogen and oxygen atoms in total. The second-order valence-corrected chi connectivity index (χ2v) is 10.7. The third kappa shape index (κ3) is 7.34. The van der Waals surface area contributed by atoms with Crippen LogP contribution in [0, 0.1) is 6.92 Å². The van der Waals surface area contributed by atoms with Gasteiger partial charge in [0.25, 0.3) is 5.91 Å². The smallest absolute Gasteiger partial charge is 0.255 e. The van der Waals surface area contributed by atoms with E-state index in [-0.39, 0.29) is 23.4 Å². The molecule has 1 fully saturated rings. The summed E-state index contributed by atoms with van der Waals surface area (Å²) in [5.41, 5.74) is 3.91. The summed E-state index contributed by atoms with van der Waals surface area (Å²) in [5, 5.41) is 3.61. The molecule has 1 aliphatic heterocycles. The number of rotatable bonds is 9. The molecule has 212 valence electrons. The van der Waals surface area contributed by atoms with Crippen LogP contribution in [0.4, 0.5) is 5.95 Å². The quantitative estimate of drug-likeness (QED) is 0.275. The van der Waals surface area contributed by atoms with Gasteiger partial charge in [-0.05, 0) is 37.3 Å². The van der Waals surface area contributed by atoms with Crippen LogP contribution >= 0.6 is 23.2 Å². The van der Waals surface area contributed by atoms with Crippen molar-refractivity contribution in [2.24, 2.45) is 0 Å². The predicted octanol–water partition coefficient (Wildman–Crippen LogP) is 5.57. The first-order chi connectivity index (χ1) is 19.9. The van der Waals surface area contributed by atoms with Gasteiger partial charge in [0.15, 0.2) is 0 Å². The fraction of sp³-hybridized carbons (Fsp3) is 0.258. The lowest BCUT2D eigenvalue weighted by Crippen LogP contribution is -2.45. The molecule has 5 rings (SSSR count). The van der Waals surface area contributed by atoms with Gasteiger partial charge in [-0.3, -0.25) is 24.4 Å². The maximum absolute atomic E-state index is 13.6. The zero-order chi connectivity index (χ0) is 28.8. The van der Waals surface area contributed by atoms with Crippen LogP contribution in [0.1, 0.15) is 15.9 Å². The van der Waals surface area contributed by atoms with Crippen molar-refractivity contribution in [1.82, 2.24) is 19.4 Å². The maximum atomic E-state index is 13.6. The number of hydrogen-bond donors (Lipinski definition) is 1. The fourth-order valence-corrected chi connectivity index (χ4v) is 5.12. The molecule has 0 aliphatic carbocycles. The van der Waals surface area contributed by atoms with Gasteiger partial charge in [0.2, 0.25) is 11.9 Å². The van der Waals surface area contributed by atoms with E-state index in [0.29, 0.717) is 42.8 Å². The van der Waals surface area contributed by atoms with Gasteiger partial charge in [-0.1, -0.05) is 71.2 Å². The third-order valence-electron chi connectivity index (χ3n) is 6.91. The van der Waals surface area contributed by atoms with Crippen molar-refractivity contribution in [2.75, 3.05) is 51.3 Å². The highest BCUT2D eigenvalue weighted by molar-refractivity contribution is 6.36. The molecule has 0 spiro atoms. The lowest BCUT2D eigenvalue weighted by Gasteiger charge is -2.30. The van der Waals surface area contributed by atoms with Gasteiger partial charge in [0.05, 0.1) is 29.5 Å². The van der Waals surface area contributed by atoms with E-state index in [0.717, 1.165) is 35.6 Å². The van der Waals surface area contributed by atoms with Crippen LogP contribution in [0.5, 0.6) is 0 Å². The Kier molecular flexibility index (Phi) is 9.36. The highest BCUT2D eigenvalue weighted by Crippen LogP contribution is 2.25. The van der Waals surface area contributed by atoms with Crippen molar-refractivity contribution >= 4 is 41.0 Å². The van der Waals surface area contributed by atoms with Crippen LogP contribution in [0.2, 0.25) is 10.0 Å². The van der Waals surface area contributed by atoms with E-state index in [2.05, 4.69) is 10.2 Å². The summed E-state index contributed by atoms with van der Waals surface area (Å²) < 4.78 is 7.29. The number of hydrogen-bond acceptors (Lipinski definition) is 5. The Morgan fingerprint density at radius 1 is 1.00 bits per heavy atom. The summed E-state index contributed by atoms with van der Waals surface area (Å²) in [6.07, 6.45) is 1.89. The Balaban J connectivity index is 1.39. The molecule has 0 atom stereocenters. The second-order valence-electron chi connectivity index (χ2n) is 9.87. The Hall–Kier alpha value is -3.69. The molecule has 3 aromatic carbocycles. The van der Waals surface area contributed by atoms with Crippen molar-refractivity contribution < 1.29 is 14.3 Å². The number of nitrogens with zero attached hydrogens (tertiary/aromatic N) is 4. The summed E-state index contributed by atoms with van der Waals surface area (Å²) in [6, 6.07) is 22.5. The Bertz CT molecular complexity index is 1500. The molecule has 1 N–H and O–H groups in total. The van der Waals surface area contributed by atoms with Crippen molar-refractivity contribution in [2.45, 2.75) is 6.92 Å². The van der Waals surface area contributed by atoms with E-state index in [1.807, 2.05) is 72.3 Å². The minimum Gasteiger partial charge on any atom is -0.379 e. The van der Waals surface area contributed by atoms with Gasteiger partial charge in [-0.25, -0.2) is 4.98 Å². The first-order valence-electron chi connectivity index (χ1n) is 13.4. The predicted molar refractivity (Wildman–Crippen MR) is 162 cm³/mol. The zero-order valence-electron chi connectivity index (χ0n) is 22.7. The standard InChI is InChI=1S/C31H31Cl2N5O3/c1-22-7-10-25(11-8-22)38-20-28(23-5-3-2-4-6-23)34-31(38)35-29(39)21-37(14-13-36-15-17-41-18-16-36)30(40)26-12-9-24(32)19-27(26)33/h2-12,19-20H,13-18,21H2,1H3,(H,34,35,39). The van der Waals surface area contributed by atoms with Crippen LogP contribution in [-0.2, 0) is 9.53 Å². The maximum Gasteiger partial charge on any atom is 0.255 e. The van der Waals surface area contributed by atoms with Gasteiger partial charge in [0.1, 0.15) is 6.54 Å². The highest BCUT2D eigenvalue weighted by atomic mass is 35.5. The average Bonchev–Trinajstić information content (AvgIpc) is 3.40. The molecule has 2 amide bonds. The molecule has 0 unspecified atom stereocenters. The molecule has 1 aromatic heterocycles. The number of imidazole rings is 1. The van der Waals surface area contributed by atoms with Crippen LogP contribution < -0.4 is 5.32 Å². The van der Waals surface area contributed by atoms with E-state index in [9.17, 15) is 9.59 Å². The molecule has 1 saturated heterocycles. The van der Waals surface area contributed by atoms with Gasteiger partial charge >= 0.3 is 0 Å². The molecule has 10 heteroatoms. The SMILES string of the molecule is Cc1ccc(-n2cc(-c3ccccc3)nc2NC(=O)CN(CCN2CCOCC2)C(=O)c2ccc(Cl)cc2Cl)cc1. The van der Waals surface area contributed by atoms with Crippen molar-refractivity contribution in [3.8, 4) is 16.9 Å². The van der Waals surface area contributed by atoms with E-state index >= 15 is 0 Å². The van der Waals surface area contributed by atoms with Gasteiger partial charge in [-0.2, -0.15) is 0 Å². The first-order valence-corrected chi connectivity index (χ1v) is 14.2. The van der Waals surface area contributed by atoms with Crippen molar-refractivity contribution in [3.05, 3.63) is 100 Å². The Labute approximate surface area is 249 Å². The molecule has 0 radical (unpaired) electrons. The summed E-state index contributed by atoms with van der Waals surface area (Å²) in [5.74, 6) is -0.353.